The van der Waals surface area contributed by atoms with Gasteiger partial charge in [-0.3, -0.25) is 4.79 Å². The second kappa shape index (κ2) is 6.91. The Morgan fingerprint density at radius 1 is 1.47 bits per heavy atom. The lowest BCUT2D eigenvalue weighted by atomic mass is 10.3. The van der Waals surface area contributed by atoms with Crippen LogP contribution in [0, 0.1) is 0 Å². The lowest BCUT2D eigenvalue weighted by Crippen LogP contribution is -2.21. The van der Waals surface area contributed by atoms with Crippen LogP contribution in [0.25, 0.3) is 0 Å². The van der Waals surface area contributed by atoms with Gasteiger partial charge in [-0.05, 0) is 30.4 Å². The molecule has 1 aromatic rings. The average molecular weight is 317 g/mol. The zero-order valence-electron chi connectivity index (χ0n) is 10.1. The zero-order valence-corrected chi connectivity index (χ0v) is 12.5. The van der Waals surface area contributed by atoms with E-state index in [1.165, 1.54) is 0 Å². The summed E-state index contributed by atoms with van der Waals surface area (Å²) in [6, 6.07) is 5.82. The van der Waals surface area contributed by atoms with E-state index in [0.717, 1.165) is 27.2 Å². The van der Waals surface area contributed by atoms with Crippen LogP contribution in [-0.4, -0.2) is 30.7 Å². The van der Waals surface area contributed by atoms with Crippen molar-refractivity contribution in [2.45, 2.75) is 17.7 Å². The molecule has 3 nitrogen and oxygen atoms in total. The number of benzene rings is 1. The molecule has 1 aromatic carbocycles. The highest BCUT2D eigenvalue weighted by atomic mass is 79.9. The summed E-state index contributed by atoms with van der Waals surface area (Å²) in [7, 11) is 3.56. The van der Waals surface area contributed by atoms with Gasteiger partial charge in [-0.2, -0.15) is 0 Å². The van der Waals surface area contributed by atoms with Gasteiger partial charge >= 0.3 is 0 Å². The summed E-state index contributed by atoms with van der Waals surface area (Å²) in [5.41, 5.74) is 6.65. The number of nitrogens with two attached hydrogens (primary N) is 1. The second-order valence-electron chi connectivity index (χ2n) is 3.92. The topological polar surface area (TPSA) is 46.3 Å². The predicted molar refractivity (Wildman–Crippen MR) is 77.2 cm³/mol. The van der Waals surface area contributed by atoms with Crippen molar-refractivity contribution in [3.05, 3.63) is 22.7 Å². The number of hydrogen-bond acceptors (Lipinski definition) is 3. The van der Waals surface area contributed by atoms with Gasteiger partial charge in [0.15, 0.2) is 0 Å². The first-order valence-corrected chi connectivity index (χ1v) is 7.16. The maximum Gasteiger partial charge on any atom is 0.222 e. The molecule has 0 atom stereocenters. The normalized spacial score (nSPS) is 10.3. The van der Waals surface area contributed by atoms with Crippen molar-refractivity contribution in [1.82, 2.24) is 4.90 Å². The lowest BCUT2D eigenvalue weighted by molar-refractivity contribution is -0.128. The van der Waals surface area contributed by atoms with E-state index in [4.69, 9.17) is 5.73 Å². The van der Waals surface area contributed by atoms with Crippen molar-refractivity contribution in [3.63, 3.8) is 0 Å². The fraction of sp³-hybridized carbons (Fsp3) is 0.417. The number of anilines is 1. The second-order valence-corrected chi connectivity index (χ2v) is 5.97. The molecule has 0 aliphatic heterocycles. The molecule has 0 aliphatic rings. The molecule has 17 heavy (non-hydrogen) atoms. The highest BCUT2D eigenvalue weighted by Crippen LogP contribution is 2.28. The van der Waals surface area contributed by atoms with Gasteiger partial charge in [0.2, 0.25) is 5.91 Å². The molecule has 0 spiro atoms. The molecule has 2 N–H and O–H groups in total. The molecular formula is C12H17BrN2OS. The molecule has 5 heteroatoms. The highest BCUT2D eigenvalue weighted by molar-refractivity contribution is 9.10. The fourth-order valence-corrected chi connectivity index (χ4v) is 2.73. The van der Waals surface area contributed by atoms with Crippen LogP contribution in [-0.2, 0) is 4.79 Å². The Kier molecular flexibility index (Phi) is 5.85. The molecule has 0 aliphatic carbocycles. The van der Waals surface area contributed by atoms with Crippen LogP contribution in [0.1, 0.15) is 12.8 Å². The van der Waals surface area contributed by atoms with Gasteiger partial charge in [-0.1, -0.05) is 15.9 Å². The van der Waals surface area contributed by atoms with E-state index < -0.39 is 0 Å². The lowest BCUT2D eigenvalue weighted by Gasteiger charge is -2.10. The Morgan fingerprint density at radius 2 is 2.18 bits per heavy atom. The first-order valence-electron chi connectivity index (χ1n) is 5.38. The Labute approximate surface area is 115 Å². The van der Waals surface area contributed by atoms with Crippen LogP contribution in [0.15, 0.2) is 27.6 Å². The van der Waals surface area contributed by atoms with E-state index in [0.29, 0.717) is 6.42 Å². The number of halogens is 1. The molecule has 0 aromatic heterocycles. The highest BCUT2D eigenvalue weighted by Gasteiger charge is 2.05. The van der Waals surface area contributed by atoms with Crippen molar-refractivity contribution in [2.75, 3.05) is 25.6 Å². The van der Waals surface area contributed by atoms with Crippen molar-refractivity contribution >= 4 is 39.3 Å². The monoisotopic (exact) mass is 316 g/mol. The molecule has 0 unspecified atom stereocenters. The Balaban J connectivity index is 2.36. The van der Waals surface area contributed by atoms with Crippen LogP contribution >= 0.6 is 27.7 Å². The number of rotatable bonds is 5. The summed E-state index contributed by atoms with van der Waals surface area (Å²) >= 11 is 5.11. The van der Waals surface area contributed by atoms with Crippen molar-refractivity contribution in [2.24, 2.45) is 0 Å². The van der Waals surface area contributed by atoms with Gasteiger partial charge in [0, 0.05) is 35.6 Å². The third kappa shape index (κ3) is 5.00. The van der Waals surface area contributed by atoms with Crippen molar-refractivity contribution in [3.8, 4) is 0 Å². The van der Waals surface area contributed by atoms with Gasteiger partial charge in [-0.25, -0.2) is 0 Å². The molecule has 1 amide bonds. The Bertz CT molecular complexity index is 396. The van der Waals surface area contributed by atoms with Crippen LogP contribution in [0.2, 0.25) is 0 Å². The third-order valence-corrected chi connectivity index (χ3v) is 3.92. The van der Waals surface area contributed by atoms with E-state index >= 15 is 0 Å². The minimum Gasteiger partial charge on any atom is -0.398 e. The van der Waals surface area contributed by atoms with Gasteiger partial charge in [0.25, 0.3) is 0 Å². The van der Waals surface area contributed by atoms with Gasteiger partial charge in [0.1, 0.15) is 0 Å². The maximum absolute atomic E-state index is 11.4. The molecule has 94 valence electrons. The van der Waals surface area contributed by atoms with Crippen LogP contribution in [0.4, 0.5) is 5.69 Å². The van der Waals surface area contributed by atoms with E-state index in [2.05, 4.69) is 15.9 Å². The van der Waals surface area contributed by atoms with E-state index in [1.54, 1.807) is 30.8 Å². The molecule has 0 bridgehead atoms. The summed E-state index contributed by atoms with van der Waals surface area (Å²) < 4.78 is 1.03. The molecule has 0 fully saturated rings. The molecule has 0 radical (unpaired) electrons. The number of carbonyl (C=O) groups is 1. The van der Waals surface area contributed by atoms with Gasteiger partial charge < -0.3 is 10.6 Å². The third-order valence-electron chi connectivity index (χ3n) is 2.27. The smallest absolute Gasteiger partial charge is 0.222 e. The standard InChI is InChI=1S/C12H17BrN2OS/c1-15(2)12(16)4-3-7-17-11-8-9(13)5-6-10(11)14/h5-6,8H,3-4,7,14H2,1-2H3. The van der Waals surface area contributed by atoms with E-state index in [1.807, 2.05) is 18.2 Å². The van der Waals surface area contributed by atoms with Crippen LogP contribution < -0.4 is 5.73 Å². The summed E-state index contributed by atoms with van der Waals surface area (Å²) in [6.07, 6.45) is 1.46. The fourth-order valence-electron chi connectivity index (χ4n) is 1.26. The Hall–Kier alpha value is -0.680. The SMILES string of the molecule is CN(C)C(=O)CCCSc1cc(Br)ccc1N. The minimum absolute atomic E-state index is 0.174. The van der Waals surface area contributed by atoms with Crippen LogP contribution in [0.5, 0.6) is 0 Å². The zero-order chi connectivity index (χ0) is 12.8. The van der Waals surface area contributed by atoms with Gasteiger partial charge in [-0.15, -0.1) is 11.8 Å². The summed E-state index contributed by atoms with van der Waals surface area (Å²) in [4.78, 5) is 14.0. The van der Waals surface area contributed by atoms with Gasteiger partial charge in [0.05, 0.1) is 0 Å². The largest absolute Gasteiger partial charge is 0.398 e. The number of nitrogens with zero attached hydrogens (tertiary/aromatic N) is 1. The summed E-state index contributed by atoms with van der Waals surface area (Å²) in [6.45, 7) is 0. The first kappa shape index (κ1) is 14.4. The minimum atomic E-state index is 0.174. The predicted octanol–water partition coefficient (Wildman–Crippen LogP) is 2.99. The number of carbonyl (C=O) groups excluding carboxylic acids is 1. The first-order chi connectivity index (χ1) is 8.00. The molecule has 0 saturated heterocycles. The number of nitrogen functional groups attached to an aromatic ring is 1. The van der Waals surface area contributed by atoms with Crippen molar-refractivity contribution in [1.29, 1.82) is 0 Å². The quantitative estimate of drug-likeness (QED) is 0.516. The number of thioether (sulfide) groups is 1. The van der Waals surface area contributed by atoms with Crippen LogP contribution in [0.3, 0.4) is 0 Å². The molecular weight excluding hydrogens is 300 g/mol. The summed E-state index contributed by atoms with van der Waals surface area (Å²) in [5, 5.41) is 0. The molecule has 0 heterocycles. The van der Waals surface area contributed by atoms with E-state index in [9.17, 15) is 4.79 Å². The average Bonchev–Trinajstić information content (AvgIpc) is 2.28. The number of amides is 1. The summed E-state index contributed by atoms with van der Waals surface area (Å²) in [5.74, 6) is 1.08. The number of hydrogen-bond donors (Lipinski definition) is 1. The maximum atomic E-state index is 11.4. The van der Waals surface area contributed by atoms with E-state index in [-0.39, 0.29) is 5.91 Å². The Morgan fingerprint density at radius 3 is 2.82 bits per heavy atom. The molecule has 1 rings (SSSR count). The molecule has 0 saturated carbocycles. The van der Waals surface area contributed by atoms with Crippen molar-refractivity contribution < 1.29 is 4.79 Å².